The number of likely N-dealkylation sites (tertiary alicyclic amines) is 1. The summed E-state index contributed by atoms with van der Waals surface area (Å²) in [6.45, 7) is 2.16. The first-order valence-electron chi connectivity index (χ1n) is 12.7. The Bertz CT molecular complexity index is 1130. The largest absolute Gasteiger partial charge is 0.491 e. The van der Waals surface area contributed by atoms with E-state index < -0.39 is 29.2 Å². The maximum absolute atomic E-state index is 14.5. The van der Waals surface area contributed by atoms with Crippen LogP contribution in [0.25, 0.3) is 0 Å². The monoisotopic (exact) mass is 534 g/mol. The molecule has 7 nitrogen and oxygen atoms in total. The van der Waals surface area contributed by atoms with Crippen LogP contribution in [0.1, 0.15) is 43.2 Å². The fourth-order valence-electron chi connectivity index (χ4n) is 5.79. The molecule has 38 heavy (non-hydrogen) atoms. The molecule has 1 spiro atoms. The second-order valence-electron chi connectivity index (χ2n) is 10.1. The minimum Gasteiger partial charge on any atom is -0.491 e. The van der Waals surface area contributed by atoms with Gasteiger partial charge in [-0.2, -0.15) is 13.2 Å². The van der Waals surface area contributed by atoms with Gasteiger partial charge in [-0.3, -0.25) is 9.59 Å². The van der Waals surface area contributed by atoms with Crippen molar-refractivity contribution in [2.75, 3.05) is 33.4 Å². The van der Waals surface area contributed by atoms with Crippen molar-refractivity contribution in [1.29, 1.82) is 0 Å². The van der Waals surface area contributed by atoms with Crippen LogP contribution in [0.4, 0.5) is 13.2 Å². The Hall–Kier alpha value is -3.11. The molecule has 2 heterocycles. The predicted molar refractivity (Wildman–Crippen MR) is 133 cm³/mol. The average molecular weight is 535 g/mol. The molecule has 0 radical (unpaired) electrons. The van der Waals surface area contributed by atoms with Gasteiger partial charge in [0.2, 0.25) is 5.91 Å². The summed E-state index contributed by atoms with van der Waals surface area (Å²) >= 11 is 0. The predicted octanol–water partition coefficient (Wildman–Crippen LogP) is 3.76. The lowest BCUT2D eigenvalue weighted by Crippen LogP contribution is -2.60. The second-order valence-corrected chi connectivity index (χ2v) is 10.1. The van der Waals surface area contributed by atoms with Gasteiger partial charge in [-0.15, -0.1) is 0 Å². The molecular formula is C28H33F3N2O5. The van der Waals surface area contributed by atoms with Crippen molar-refractivity contribution in [3.05, 3.63) is 65.7 Å². The lowest BCUT2D eigenvalue weighted by molar-refractivity contribution is -0.271. The zero-order valence-corrected chi connectivity index (χ0v) is 21.5. The van der Waals surface area contributed by atoms with Crippen LogP contribution in [0, 0.1) is 5.41 Å². The van der Waals surface area contributed by atoms with E-state index >= 15 is 0 Å². The Balaban J connectivity index is 1.62. The van der Waals surface area contributed by atoms with Gasteiger partial charge in [0.1, 0.15) is 12.4 Å². The summed E-state index contributed by atoms with van der Waals surface area (Å²) in [5.74, 6) is -0.876. The van der Waals surface area contributed by atoms with Crippen LogP contribution in [0.2, 0.25) is 0 Å². The summed E-state index contributed by atoms with van der Waals surface area (Å²) in [5.41, 5.74) is -3.11. The van der Waals surface area contributed by atoms with E-state index in [4.69, 9.17) is 9.47 Å². The number of nitrogens with one attached hydrogen (secondary N) is 1. The molecule has 2 fully saturated rings. The zero-order valence-electron chi connectivity index (χ0n) is 21.5. The number of aliphatic hydroxyl groups excluding tert-OH is 1. The van der Waals surface area contributed by atoms with Crippen molar-refractivity contribution in [1.82, 2.24) is 10.2 Å². The van der Waals surface area contributed by atoms with Gasteiger partial charge in [0, 0.05) is 44.6 Å². The van der Waals surface area contributed by atoms with Gasteiger partial charge in [0.25, 0.3) is 11.5 Å². The molecule has 2 aromatic rings. The van der Waals surface area contributed by atoms with E-state index in [1.54, 1.807) is 19.1 Å². The summed E-state index contributed by atoms with van der Waals surface area (Å²) in [4.78, 5) is 27.3. The zero-order chi connectivity index (χ0) is 27.6. The van der Waals surface area contributed by atoms with Crippen LogP contribution < -0.4 is 10.1 Å². The molecule has 3 atom stereocenters. The van der Waals surface area contributed by atoms with Crippen molar-refractivity contribution >= 4 is 11.8 Å². The number of amides is 2. The number of halogens is 3. The van der Waals surface area contributed by atoms with Crippen molar-refractivity contribution in [3.63, 3.8) is 0 Å². The number of hydrogen-bond acceptors (Lipinski definition) is 5. The highest BCUT2D eigenvalue weighted by Crippen LogP contribution is 2.52. The molecule has 2 saturated heterocycles. The SMILES string of the molecule is CO[C@@](C(=O)N1CCC2(CC1)CC(=O)NCC2c1ccccc1OC[C@@H](C)O)(c1ccccc1)C(F)(F)F. The summed E-state index contributed by atoms with van der Waals surface area (Å²) in [6.07, 6.45) is -4.78. The topological polar surface area (TPSA) is 88.1 Å². The second kappa shape index (κ2) is 10.9. The third kappa shape index (κ3) is 5.11. The number of alkyl halides is 3. The van der Waals surface area contributed by atoms with E-state index in [1.807, 2.05) is 18.2 Å². The van der Waals surface area contributed by atoms with Crippen molar-refractivity contribution in [3.8, 4) is 5.75 Å². The minimum atomic E-state index is -4.98. The molecule has 1 unspecified atom stereocenters. The number of para-hydroxylation sites is 1. The number of methoxy groups -OCH3 is 1. The molecule has 2 aromatic carbocycles. The Morgan fingerprint density at radius 1 is 1.13 bits per heavy atom. The number of benzene rings is 2. The summed E-state index contributed by atoms with van der Waals surface area (Å²) < 4.78 is 54.2. The van der Waals surface area contributed by atoms with Crippen LogP contribution in [-0.4, -0.2) is 67.5 Å². The first-order chi connectivity index (χ1) is 18.0. The maximum Gasteiger partial charge on any atom is 0.430 e. The van der Waals surface area contributed by atoms with Crippen LogP contribution in [-0.2, 0) is 19.9 Å². The molecule has 4 rings (SSSR count). The first kappa shape index (κ1) is 27.9. The van der Waals surface area contributed by atoms with E-state index in [0.717, 1.165) is 12.7 Å². The number of aliphatic hydroxyl groups is 1. The Kier molecular flexibility index (Phi) is 8.04. The van der Waals surface area contributed by atoms with Crippen LogP contribution in [0.3, 0.4) is 0 Å². The summed E-state index contributed by atoms with van der Waals surface area (Å²) in [7, 11) is 0.898. The lowest BCUT2D eigenvalue weighted by Gasteiger charge is -2.50. The smallest absolute Gasteiger partial charge is 0.430 e. The normalized spacial score (nSPS) is 21.9. The highest BCUT2D eigenvalue weighted by molar-refractivity contribution is 5.88. The highest BCUT2D eigenvalue weighted by atomic mass is 19.4. The fourth-order valence-corrected chi connectivity index (χ4v) is 5.79. The fraction of sp³-hybridized carbons (Fsp3) is 0.500. The lowest BCUT2D eigenvalue weighted by atomic mass is 9.62. The van der Waals surface area contributed by atoms with Crippen molar-refractivity contribution in [2.24, 2.45) is 5.41 Å². The quantitative estimate of drug-likeness (QED) is 0.565. The van der Waals surface area contributed by atoms with Crippen LogP contribution >= 0.6 is 0 Å². The molecule has 2 N–H and O–H groups in total. The van der Waals surface area contributed by atoms with E-state index in [9.17, 15) is 27.9 Å². The van der Waals surface area contributed by atoms with Crippen molar-refractivity contribution < 1.29 is 37.3 Å². The van der Waals surface area contributed by atoms with E-state index in [2.05, 4.69) is 5.32 Å². The minimum absolute atomic E-state index is 0.0489. The molecule has 0 aliphatic carbocycles. The average Bonchev–Trinajstić information content (AvgIpc) is 2.89. The maximum atomic E-state index is 14.5. The third-order valence-electron chi connectivity index (χ3n) is 7.76. The highest BCUT2D eigenvalue weighted by Gasteiger charge is 2.64. The molecule has 2 aliphatic rings. The Morgan fingerprint density at radius 2 is 1.76 bits per heavy atom. The number of hydrogen-bond donors (Lipinski definition) is 2. The molecule has 0 saturated carbocycles. The van der Waals surface area contributed by atoms with Gasteiger partial charge in [0.05, 0.1) is 6.10 Å². The first-order valence-corrected chi connectivity index (χ1v) is 12.7. The molecular weight excluding hydrogens is 501 g/mol. The van der Waals surface area contributed by atoms with E-state index in [0.29, 0.717) is 25.1 Å². The molecule has 10 heteroatoms. The standard InChI is InChI=1S/C28H33F3N2O5/c1-19(34)18-38-23-11-7-6-10-21(23)22-17-32-24(35)16-26(22)12-14-33(15-13-26)25(36)27(37-2,28(29,30)31)20-8-4-3-5-9-20/h3-11,19,22,34H,12-18H2,1-2H3,(H,32,35)/t19-,22?,27-/m1/s1. The van der Waals surface area contributed by atoms with Crippen LogP contribution in [0.15, 0.2) is 54.6 Å². The van der Waals surface area contributed by atoms with Gasteiger partial charge in [-0.25, -0.2) is 0 Å². The van der Waals surface area contributed by atoms with Gasteiger partial charge in [-0.1, -0.05) is 48.5 Å². The van der Waals surface area contributed by atoms with E-state index in [1.165, 1.54) is 29.2 Å². The van der Waals surface area contributed by atoms with Gasteiger partial charge >= 0.3 is 6.18 Å². The third-order valence-corrected chi connectivity index (χ3v) is 7.76. The van der Waals surface area contributed by atoms with Gasteiger partial charge < -0.3 is 24.8 Å². The van der Waals surface area contributed by atoms with Crippen LogP contribution in [0.5, 0.6) is 5.75 Å². The number of rotatable bonds is 7. The number of nitrogens with zero attached hydrogens (tertiary/aromatic N) is 1. The molecule has 2 amide bonds. The number of ether oxygens (including phenoxy) is 2. The van der Waals surface area contributed by atoms with Gasteiger partial charge in [0.15, 0.2) is 0 Å². The number of carbonyl (C=O) groups excluding carboxylic acids is 2. The van der Waals surface area contributed by atoms with E-state index in [-0.39, 0.29) is 43.5 Å². The number of carbonyl (C=O) groups is 2. The number of piperidine rings is 2. The summed E-state index contributed by atoms with van der Waals surface area (Å²) in [6, 6.07) is 14.3. The van der Waals surface area contributed by atoms with Crippen molar-refractivity contribution in [2.45, 2.75) is 50.0 Å². The van der Waals surface area contributed by atoms with Gasteiger partial charge in [-0.05, 0) is 36.8 Å². The molecule has 0 aromatic heterocycles. The Morgan fingerprint density at radius 3 is 2.37 bits per heavy atom. The molecule has 206 valence electrons. The summed E-state index contributed by atoms with van der Waals surface area (Å²) in [5, 5.41) is 12.6. The molecule has 2 aliphatic heterocycles. The Labute approximate surface area is 219 Å². The molecule has 0 bridgehead atoms.